The number of rotatable bonds is 4. The van der Waals surface area contributed by atoms with Crippen molar-refractivity contribution in [3.63, 3.8) is 0 Å². The van der Waals surface area contributed by atoms with Gasteiger partial charge >= 0.3 is 5.97 Å². The summed E-state index contributed by atoms with van der Waals surface area (Å²) in [5, 5.41) is 0. The number of esters is 1. The van der Waals surface area contributed by atoms with Gasteiger partial charge in [-0.2, -0.15) is 0 Å². The van der Waals surface area contributed by atoms with Crippen molar-refractivity contribution in [1.29, 1.82) is 0 Å². The van der Waals surface area contributed by atoms with Crippen LogP contribution in [0.1, 0.15) is 31.9 Å². The number of ether oxygens (including phenoxy) is 1. The predicted molar refractivity (Wildman–Crippen MR) is 71.4 cm³/mol. The molecule has 0 saturated carbocycles. The molecule has 0 aliphatic rings. The largest absolute Gasteiger partial charge is 0.427 e. The van der Waals surface area contributed by atoms with E-state index in [2.05, 4.69) is 6.58 Å². The molecule has 0 bridgehead atoms. The second-order valence-corrected chi connectivity index (χ2v) is 3.93. The van der Waals surface area contributed by atoms with E-state index in [0.29, 0.717) is 5.75 Å². The molecule has 0 aromatic heterocycles. The summed E-state index contributed by atoms with van der Waals surface area (Å²) in [6.45, 7) is 7.14. The van der Waals surface area contributed by atoms with Crippen LogP contribution in [0.2, 0.25) is 0 Å². The maximum absolute atomic E-state index is 10.8. The summed E-state index contributed by atoms with van der Waals surface area (Å²) in [5.74, 6) is 0.202. The quantitative estimate of drug-likeness (QED) is 0.511. The van der Waals surface area contributed by atoms with Crippen LogP contribution < -0.4 is 10.5 Å². The summed E-state index contributed by atoms with van der Waals surface area (Å²) in [5.41, 5.74) is 7.97. The molecule has 4 heteroatoms. The average molecular weight is 256 g/mol. The first-order valence-electron chi connectivity index (χ1n) is 5.17. The fourth-order valence-corrected chi connectivity index (χ4v) is 1.47. The summed E-state index contributed by atoms with van der Waals surface area (Å²) in [6.07, 6.45) is 0.726. The lowest BCUT2D eigenvalue weighted by molar-refractivity contribution is -0.131. The molecule has 0 aliphatic carbocycles. The summed E-state index contributed by atoms with van der Waals surface area (Å²) in [7, 11) is 0. The lowest BCUT2D eigenvalue weighted by atomic mass is 10.0. The second-order valence-electron chi connectivity index (χ2n) is 3.93. The zero-order valence-corrected chi connectivity index (χ0v) is 10.9. The van der Waals surface area contributed by atoms with Crippen LogP contribution in [0.5, 0.6) is 5.75 Å². The molecule has 0 radical (unpaired) electrons. The van der Waals surface area contributed by atoms with E-state index in [9.17, 15) is 4.79 Å². The highest BCUT2D eigenvalue weighted by molar-refractivity contribution is 5.85. The lowest BCUT2D eigenvalue weighted by Gasteiger charge is -2.12. The van der Waals surface area contributed by atoms with Crippen molar-refractivity contribution in [2.24, 2.45) is 5.73 Å². The van der Waals surface area contributed by atoms with Crippen LogP contribution in [0.15, 0.2) is 36.4 Å². The van der Waals surface area contributed by atoms with Crippen molar-refractivity contribution in [2.45, 2.75) is 26.3 Å². The number of nitrogens with two attached hydrogens (primary N) is 1. The highest BCUT2D eigenvalue weighted by atomic mass is 35.5. The molecule has 0 amide bonds. The summed E-state index contributed by atoms with van der Waals surface area (Å²) < 4.78 is 4.99. The molecular formula is C13H18ClNO2. The first kappa shape index (κ1) is 15.7. The summed E-state index contributed by atoms with van der Waals surface area (Å²) >= 11 is 0. The maximum Gasteiger partial charge on any atom is 0.308 e. The molecule has 3 nitrogen and oxygen atoms in total. The van der Waals surface area contributed by atoms with Gasteiger partial charge in [0.25, 0.3) is 0 Å². The SMILES string of the molecule is C=C(C)C[C@@H](N)c1cccc(OC(C)=O)c1.Cl. The molecule has 17 heavy (non-hydrogen) atoms. The van der Waals surface area contributed by atoms with Crippen LogP contribution >= 0.6 is 12.4 Å². The van der Waals surface area contributed by atoms with E-state index in [0.717, 1.165) is 17.6 Å². The molecular weight excluding hydrogens is 238 g/mol. The fourth-order valence-electron chi connectivity index (χ4n) is 1.47. The Morgan fingerprint density at radius 2 is 2.12 bits per heavy atom. The van der Waals surface area contributed by atoms with E-state index < -0.39 is 0 Å². The molecule has 1 aromatic carbocycles. The van der Waals surface area contributed by atoms with Gasteiger partial charge in [-0.15, -0.1) is 19.0 Å². The first-order valence-corrected chi connectivity index (χ1v) is 5.17. The van der Waals surface area contributed by atoms with Crippen molar-refractivity contribution in [1.82, 2.24) is 0 Å². The van der Waals surface area contributed by atoms with Gasteiger partial charge < -0.3 is 10.5 Å². The number of hydrogen-bond donors (Lipinski definition) is 1. The molecule has 0 spiro atoms. The Morgan fingerprint density at radius 3 is 2.65 bits per heavy atom. The van der Waals surface area contributed by atoms with Gasteiger partial charge in [-0.05, 0) is 31.0 Å². The van der Waals surface area contributed by atoms with Crippen LogP contribution in [-0.4, -0.2) is 5.97 Å². The molecule has 1 atom stereocenters. The number of benzene rings is 1. The van der Waals surface area contributed by atoms with E-state index in [1.165, 1.54) is 6.92 Å². The Hall–Kier alpha value is -1.32. The van der Waals surface area contributed by atoms with Gasteiger partial charge in [0.1, 0.15) is 5.75 Å². The topological polar surface area (TPSA) is 52.3 Å². The Kier molecular flexibility index (Phi) is 6.54. The normalized spacial score (nSPS) is 11.2. The minimum atomic E-state index is -0.328. The third kappa shape index (κ3) is 5.52. The Labute approximate surface area is 108 Å². The zero-order chi connectivity index (χ0) is 12.1. The number of hydrogen-bond acceptors (Lipinski definition) is 3. The van der Waals surface area contributed by atoms with Gasteiger partial charge in [0.05, 0.1) is 0 Å². The van der Waals surface area contributed by atoms with Crippen LogP contribution in [0, 0.1) is 0 Å². The average Bonchev–Trinajstić information content (AvgIpc) is 2.16. The van der Waals surface area contributed by atoms with Crippen LogP contribution in [0.4, 0.5) is 0 Å². The minimum absolute atomic E-state index is 0. The van der Waals surface area contributed by atoms with Gasteiger partial charge in [-0.1, -0.05) is 17.7 Å². The van der Waals surface area contributed by atoms with Crippen molar-refractivity contribution < 1.29 is 9.53 Å². The van der Waals surface area contributed by atoms with Gasteiger partial charge in [-0.3, -0.25) is 4.79 Å². The van der Waals surface area contributed by atoms with Gasteiger partial charge in [0.15, 0.2) is 0 Å². The number of halogens is 1. The number of carbonyl (C=O) groups is 1. The van der Waals surface area contributed by atoms with E-state index in [1.807, 2.05) is 19.1 Å². The first-order chi connectivity index (χ1) is 7.49. The van der Waals surface area contributed by atoms with E-state index >= 15 is 0 Å². The monoisotopic (exact) mass is 255 g/mol. The molecule has 0 unspecified atom stereocenters. The molecule has 0 saturated heterocycles. The Bertz CT molecular complexity index is 404. The van der Waals surface area contributed by atoms with E-state index in [-0.39, 0.29) is 24.4 Å². The van der Waals surface area contributed by atoms with Crippen LogP contribution in [0.25, 0.3) is 0 Å². The van der Waals surface area contributed by atoms with Crippen LogP contribution in [0.3, 0.4) is 0 Å². The Morgan fingerprint density at radius 1 is 1.47 bits per heavy atom. The molecule has 94 valence electrons. The van der Waals surface area contributed by atoms with Crippen molar-refractivity contribution in [2.75, 3.05) is 0 Å². The van der Waals surface area contributed by atoms with Gasteiger partial charge in [-0.25, -0.2) is 0 Å². The van der Waals surface area contributed by atoms with Crippen molar-refractivity contribution in [3.05, 3.63) is 42.0 Å². The van der Waals surface area contributed by atoms with Crippen molar-refractivity contribution >= 4 is 18.4 Å². The van der Waals surface area contributed by atoms with Crippen molar-refractivity contribution in [3.8, 4) is 5.75 Å². The van der Waals surface area contributed by atoms with Gasteiger partial charge in [0, 0.05) is 13.0 Å². The van der Waals surface area contributed by atoms with Crippen LogP contribution in [-0.2, 0) is 4.79 Å². The zero-order valence-electron chi connectivity index (χ0n) is 10.1. The standard InChI is InChI=1S/C13H17NO2.ClH/c1-9(2)7-13(14)11-5-4-6-12(8-11)16-10(3)15;/h4-6,8,13H,1,7,14H2,2-3H3;1H/t13-;/m1./s1. The third-order valence-electron chi connectivity index (χ3n) is 2.12. The van der Waals surface area contributed by atoms with E-state index in [1.54, 1.807) is 12.1 Å². The molecule has 2 N–H and O–H groups in total. The molecule has 0 fully saturated rings. The lowest BCUT2D eigenvalue weighted by Crippen LogP contribution is -2.11. The fraction of sp³-hybridized carbons (Fsp3) is 0.308. The molecule has 1 aromatic rings. The number of carbonyl (C=O) groups excluding carboxylic acids is 1. The summed E-state index contributed by atoms with van der Waals surface area (Å²) in [4.78, 5) is 10.8. The van der Waals surface area contributed by atoms with E-state index in [4.69, 9.17) is 10.5 Å². The Balaban J connectivity index is 0.00000256. The summed E-state index contributed by atoms with van der Waals surface area (Å²) in [6, 6.07) is 7.16. The smallest absolute Gasteiger partial charge is 0.308 e. The molecule has 0 heterocycles. The highest BCUT2D eigenvalue weighted by Gasteiger charge is 2.07. The minimum Gasteiger partial charge on any atom is -0.427 e. The second kappa shape index (κ2) is 7.09. The highest BCUT2D eigenvalue weighted by Crippen LogP contribution is 2.22. The molecule has 0 aliphatic heterocycles. The van der Waals surface area contributed by atoms with Gasteiger partial charge in [0.2, 0.25) is 0 Å². The predicted octanol–water partition coefficient (Wildman–Crippen LogP) is 3.00. The maximum atomic E-state index is 10.8. The molecule has 1 rings (SSSR count). The third-order valence-corrected chi connectivity index (χ3v) is 2.12.